The summed E-state index contributed by atoms with van der Waals surface area (Å²) in [6.07, 6.45) is 0. The van der Waals surface area contributed by atoms with Crippen molar-refractivity contribution in [3.05, 3.63) is 229 Å². The first kappa shape index (κ1) is 36.4. The molecule has 0 bridgehead atoms. The first-order valence-electron chi connectivity index (χ1n) is 21.9. The molecule has 9 aromatic carbocycles. The Kier molecular flexibility index (Phi) is 7.96. The fourth-order valence-electron chi connectivity index (χ4n) is 11.1. The van der Waals surface area contributed by atoms with Crippen molar-refractivity contribution in [1.29, 1.82) is 0 Å². The average Bonchev–Trinajstić information content (AvgIpc) is 3.87. The molecule has 0 fully saturated rings. The van der Waals surface area contributed by atoms with Gasteiger partial charge in [-0.3, -0.25) is 0 Å². The fourth-order valence-corrected chi connectivity index (χ4v) is 11.1. The second-order valence-electron chi connectivity index (χ2n) is 18.1. The van der Waals surface area contributed by atoms with E-state index < -0.39 is 0 Å². The number of para-hydroxylation sites is 2. The molecular weight excluding hydrogens is 749 g/mol. The lowest BCUT2D eigenvalue weighted by Crippen LogP contribution is -2.16. The topological polar surface area (TPSA) is 8.17 Å². The van der Waals surface area contributed by atoms with E-state index in [-0.39, 0.29) is 10.8 Å². The summed E-state index contributed by atoms with van der Waals surface area (Å²) in [6, 6.07) is 76.4. The van der Waals surface area contributed by atoms with Crippen LogP contribution in [0.1, 0.15) is 49.9 Å². The van der Waals surface area contributed by atoms with Crippen molar-refractivity contribution in [3.8, 4) is 50.2 Å². The van der Waals surface area contributed by atoms with E-state index in [9.17, 15) is 0 Å². The van der Waals surface area contributed by atoms with Gasteiger partial charge in [0.25, 0.3) is 0 Å². The van der Waals surface area contributed by atoms with Crippen LogP contribution in [0.2, 0.25) is 0 Å². The first-order valence-corrected chi connectivity index (χ1v) is 21.9. The molecule has 0 saturated heterocycles. The van der Waals surface area contributed by atoms with E-state index in [4.69, 9.17) is 0 Å². The van der Waals surface area contributed by atoms with Crippen LogP contribution in [0.3, 0.4) is 0 Å². The lowest BCUT2D eigenvalue weighted by molar-refractivity contribution is 0.660. The van der Waals surface area contributed by atoms with Gasteiger partial charge in [-0.25, -0.2) is 0 Å². The molecule has 0 unspecified atom stereocenters. The minimum atomic E-state index is -0.114. The number of anilines is 3. The van der Waals surface area contributed by atoms with Crippen LogP contribution in [-0.2, 0) is 10.8 Å². The maximum Gasteiger partial charge on any atom is 0.0547 e. The molecule has 2 aliphatic carbocycles. The standard InChI is InChI=1S/C60H46N2/c1-59(2)52-24-11-8-18-47(52)49-37-36-44(38-54(49)59)61(43-34-30-40(31-35-43)46-22-14-23-50-48-19-9-12-25-53(48)60(3,4)58(46)50)42-32-28-39(29-33-42)45-21-15-27-56-57(45)51-20-10-13-26-55(51)62(56)41-16-6-5-7-17-41/h5-38H,1-4H3. The Hall–Kier alpha value is -7.42. The lowest BCUT2D eigenvalue weighted by atomic mass is 9.79. The van der Waals surface area contributed by atoms with Gasteiger partial charge < -0.3 is 9.47 Å². The first-order chi connectivity index (χ1) is 30.3. The number of hydrogen-bond acceptors (Lipinski definition) is 1. The van der Waals surface area contributed by atoms with E-state index in [1.807, 2.05) is 0 Å². The van der Waals surface area contributed by atoms with E-state index in [1.54, 1.807) is 0 Å². The predicted molar refractivity (Wildman–Crippen MR) is 261 cm³/mol. The molecule has 2 heteroatoms. The van der Waals surface area contributed by atoms with E-state index in [0.717, 1.165) is 17.1 Å². The molecule has 2 aliphatic rings. The van der Waals surface area contributed by atoms with E-state index in [2.05, 4.69) is 243 Å². The van der Waals surface area contributed by atoms with Crippen LogP contribution in [0, 0.1) is 0 Å². The van der Waals surface area contributed by atoms with Crippen LogP contribution in [0.4, 0.5) is 17.1 Å². The molecule has 1 heterocycles. The summed E-state index contributed by atoms with van der Waals surface area (Å²) < 4.78 is 2.39. The Morgan fingerprint density at radius 2 is 0.855 bits per heavy atom. The molecule has 2 nitrogen and oxygen atoms in total. The highest BCUT2D eigenvalue weighted by atomic mass is 15.1. The highest BCUT2D eigenvalue weighted by Gasteiger charge is 2.38. The molecule has 0 aliphatic heterocycles. The summed E-state index contributed by atoms with van der Waals surface area (Å²) in [5.41, 5.74) is 22.6. The van der Waals surface area contributed by atoms with E-state index >= 15 is 0 Å². The van der Waals surface area contributed by atoms with Crippen LogP contribution in [0.5, 0.6) is 0 Å². The van der Waals surface area contributed by atoms with Crippen molar-refractivity contribution in [3.63, 3.8) is 0 Å². The molecule has 0 spiro atoms. The van der Waals surface area contributed by atoms with Gasteiger partial charge in [0.1, 0.15) is 0 Å². The van der Waals surface area contributed by atoms with Gasteiger partial charge in [0.15, 0.2) is 0 Å². The molecule has 0 saturated carbocycles. The summed E-state index contributed by atoms with van der Waals surface area (Å²) in [5.74, 6) is 0. The van der Waals surface area contributed by atoms with Crippen molar-refractivity contribution < 1.29 is 0 Å². The largest absolute Gasteiger partial charge is 0.310 e. The Labute approximate surface area is 364 Å². The highest BCUT2D eigenvalue weighted by molar-refractivity contribution is 6.15. The van der Waals surface area contributed by atoms with Crippen molar-refractivity contribution in [2.75, 3.05) is 4.90 Å². The monoisotopic (exact) mass is 794 g/mol. The molecule has 1 aromatic heterocycles. The predicted octanol–water partition coefficient (Wildman–Crippen LogP) is 16.2. The van der Waals surface area contributed by atoms with Gasteiger partial charge in [0, 0.05) is 44.4 Å². The normalized spacial score (nSPS) is 14.1. The van der Waals surface area contributed by atoms with Gasteiger partial charge >= 0.3 is 0 Å². The van der Waals surface area contributed by atoms with Crippen LogP contribution in [-0.4, -0.2) is 4.57 Å². The molecule has 0 radical (unpaired) electrons. The zero-order valence-electron chi connectivity index (χ0n) is 35.5. The number of rotatable bonds is 6. The second-order valence-corrected chi connectivity index (χ2v) is 18.1. The third-order valence-corrected chi connectivity index (χ3v) is 14.0. The minimum Gasteiger partial charge on any atom is -0.310 e. The molecule has 0 atom stereocenters. The SMILES string of the molecule is CC1(C)c2ccccc2-c2ccc(N(c3ccc(-c4cccc5c4C(C)(C)c4ccccc4-5)cc3)c3ccc(-c4cccc5c4c4ccccc4n5-c4ccccc4)cc3)cc21. The summed E-state index contributed by atoms with van der Waals surface area (Å²) in [6.45, 7) is 9.47. The molecule has 12 rings (SSSR count). The van der Waals surface area contributed by atoms with Gasteiger partial charge in [-0.05, 0) is 127 Å². The maximum absolute atomic E-state index is 2.43. The zero-order chi connectivity index (χ0) is 41.7. The van der Waals surface area contributed by atoms with Gasteiger partial charge in [-0.2, -0.15) is 0 Å². The van der Waals surface area contributed by atoms with Crippen molar-refractivity contribution in [1.82, 2.24) is 4.57 Å². The van der Waals surface area contributed by atoms with E-state index in [1.165, 1.54) is 94.3 Å². The summed E-state index contributed by atoms with van der Waals surface area (Å²) in [4.78, 5) is 2.43. The second kappa shape index (κ2) is 13.5. The Bertz CT molecular complexity index is 3380. The quantitative estimate of drug-likeness (QED) is 0.163. The molecular formula is C60H46N2. The van der Waals surface area contributed by atoms with Crippen molar-refractivity contribution in [2.24, 2.45) is 0 Å². The number of hydrogen-bond donors (Lipinski definition) is 0. The third-order valence-electron chi connectivity index (χ3n) is 14.0. The van der Waals surface area contributed by atoms with Crippen LogP contribution >= 0.6 is 0 Å². The zero-order valence-corrected chi connectivity index (χ0v) is 35.5. The Balaban J connectivity index is 0.987. The minimum absolute atomic E-state index is 0.0927. The summed E-state index contributed by atoms with van der Waals surface area (Å²) in [7, 11) is 0. The Morgan fingerprint density at radius 3 is 1.58 bits per heavy atom. The van der Waals surface area contributed by atoms with Gasteiger partial charge in [-0.1, -0.05) is 173 Å². The smallest absolute Gasteiger partial charge is 0.0547 e. The third kappa shape index (κ3) is 5.29. The molecule has 10 aromatic rings. The van der Waals surface area contributed by atoms with Crippen LogP contribution in [0.15, 0.2) is 206 Å². The number of fused-ring (bicyclic) bond motifs is 9. The lowest BCUT2D eigenvalue weighted by Gasteiger charge is -2.29. The molecule has 0 amide bonds. The number of benzene rings is 9. The maximum atomic E-state index is 2.43. The molecule has 62 heavy (non-hydrogen) atoms. The fraction of sp³-hybridized carbons (Fsp3) is 0.100. The van der Waals surface area contributed by atoms with Crippen molar-refractivity contribution >= 4 is 38.9 Å². The van der Waals surface area contributed by atoms with Crippen LogP contribution in [0.25, 0.3) is 72.0 Å². The van der Waals surface area contributed by atoms with Gasteiger partial charge in [-0.15, -0.1) is 0 Å². The molecule has 296 valence electrons. The highest BCUT2D eigenvalue weighted by Crippen LogP contribution is 2.53. The van der Waals surface area contributed by atoms with E-state index in [0.29, 0.717) is 0 Å². The molecule has 0 N–H and O–H groups in total. The van der Waals surface area contributed by atoms with Gasteiger partial charge in [0.2, 0.25) is 0 Å². The number of nitrogens with zero attached hydrogens (tertiary/aromatic N) is 2. The number of aromatic nitrogens is 1. The van der Waals surface area contributed by atoms with Crippen LogP contribution < -0.4 is 4.90 Å². The summed E-state index contributed by atoms with van der Waals surface area (Å²) in [5, 5.41) is 2.53. The average molecular weight is 795 g/mol. The van der Waals surface area contributed by atoms with Crippen molar-refractivity contribution in [2.45, 2.75) is 38.5 Å². The Morgan fingerprint density at radius 1 is 0.355 bits per heavy atom. The van der Waals surface area contributed by atoms with Gasteiger partial charge in [0.05, 0.1) is 11.0 Å². The summed E-state index contributed by atoms with van der Waals surface area (Å²) >= 11 is 0.